The van der Waals surface area contributed by atoms with E-state index in [-0.39, 0.29) is 17.6 Å². The molecule has 0 unspecified atom stereocenters. The van der Waals surface area contributed by atoms with Crippen LogP contribution in [0.1, 0.15) is 19.8 Å². The molecule has 1 spiro atoms. The van der Waals surface area contributed by atoms with Gasteiger partial charge in [0.15, 0.2) is 10.8 Å². The number of piperidine rings is 1. The number of ether oxygens (including phenoxy) is 1. The van der Waals surface area contributed by atoms with Crippen molar-refractivity contribution in [2.24, 2.45) is 11.1 Å². The minimum absolute atomic E-state index is 0.0744. The van der Waals surface area contributed by atoms with Crippen molar-refractivity contribution in [2.45, 2.75) is 42.0 Å². The minimum Gasteiger partial charge on any atom is -0.376 e. The van der Waals surface area contributed by atoms with Gasteiger partial charge in [-0.2, -0.15) is 0 Å². The molecule has 2 saturated heterocycles. The van der Waals surface area contributed by atoms with Crippen LogP contribution in [0, 0.1) is 5.41 Å². The molecule has 8 nitrogen and oxygen atoms in total. The largest absolute Gasteiger partial charge is 0.376 e. The average molecular weight is 520 g/mol. The molecule has 5 heterocycles. The summed E-state index contributed by atoms with van der Waals surface area (Å²) in [4.78, 5) is 25.9. The standard InChI is InChI=1S/C26H26ClN7OS/c1-16-23(28)26(15-35-16)7-10-34(11-8-26)21-14-30-24-19(32-21)13-31-25(33-24)36-20-6-2-5-18(22(20)27)17-4-3-9-29-12-17/h2-6,9,12-14,16,23H,7-8,10-11,15,28H2,1H3/t16-,23+/m0/s1. The maximum absolute atomic E-state index is 6.73. The van der Waals surface area contributed by atoms with Crippen LogP contribution in [0.15, 0.2) is 65.2 Å². The molecule has 184 valence electrons. The van der Waals surface area contributed by atoms with Gasteiger partial charge in [-0.05, 0) is 43.7 Å². The lowest BCUT2D eigenvalue weighted by molar-refractivity contribution is 0.0974. The highest BCUT2D eigenvalue weighted by atomic mass is 35.5. The Kier molecular flexibility index (Phi) is 6.25. The van der Waals surface area contributed by atoms with Gasteiger partial charge in [-0.25, -0.2) is 19.9 Å². The van der Waals surface area contributed by atoms with E-state index in [9.17, 15) is 0 Å². The normalized spacial score (nSPS) is 21.4. The van der Waals surface area contributed by atoms with E-state index in [4.69, 9.17) is 27.1 Å². The van der Waals surface area contributed by atoms with Crippen molar-refractivity contribution in [3.8, 4) is 11.1 Å². The van der Waals surface area contributed by atoms with E-state index < -0.39 is 0 Å². The van der Waals surface area contributed by atoms with Crippen molar-refractivity contribution in [3.63, 3.8) is 0 Å². The van der Waals surface area contributed by atoms with Gasteiger partial charge in [0.1, 0.15) is 11.3 Å². The summed E-state index contributed by atoms with van der Waals surface area (Å²) in [5, 5.41) is 1.21. The molecule has 10 heteroatoms. The fourth-order valence-corrected chi connectivity index (χ4v) is 6.22. The number of pyridine rings is 1. The second kappa shape index (κ2) is 9.55. The number of hydrogen-bond donors (Lipinski definition) is 1. The number of nitrogens with two attached hydrogens (primary N) is 1. The van der Waals surface area contributed by atoms with Gasteiger partial charge < -0.3 is 15.4 Å². The van der Waals surface area contributed by atoms with Crippen molar-refractivity contribution < 1.29 is 4.74 Å². The van der Waals surface area contributed by atoms with Crippen molar-refractivity contribution in [2.75, 3.05) is 24.6 Å². The predicted molar refractivity (Wildman–Crippen MR) is 141 cm³/mol. The first-order valence-corrected chi connectivity index (χ1v) is 13.2. The van der Waals surface area contributed by atoms with Crippen LogP contribution in [0.5, 0.6) is 0 Å². The molecular weight excluding hydrogens is 494 g/mol. The Bertz CT molecular complexity index is 1400. The quantitative estimate of drug-likeness (QED) is 0.387. The van der Waals surface area contributed by atoms with Gasteiger partial charge in [0.2, 0.25) is 0 Å². The Morgan fingerprint density at radius 2 is 1.94 bits per heavy atom. The van der Waals surface area contributed by atoms with Crippen LogP contribution < -0.4 is 10.6 Å². The lowest BCUT2D eigenvalue weighted by Gasteiger charge is -2.41. The SMILES string of the molecule is C[C@@H]1OCC2(CCN(c3cnc4nc(Sc5cccc(-c6cccnc6)c5Cl)ncc4n3)CC2)[C@@H]1N. The molecule has 1 aromatic carbocycles. The van der Waals surface area contributed by atoms with Crippen molar-refractivity contribution in [1.82, 2.24) is 24.9 Å². The summed E-state index contributed by atoms with van der Waals surface area (Å²) in [6.45, 7) is 4.57. The zero-order valence-corrected chi connectivity index (χ0v) is 21.4. The highest BCUT2D eigenvalue weighted by Crippen LogP contribution is 2.42. The second-order valence-electron chi connectivity index (χ2n) is 9.44. The van der Waals surface area contributed by atoms with Crippen LogP contribution >= 0.6 is 23.4 Å². The average Bonchev–Trinajstić information content (AvgIpc) is 3.19. The highest BCUT2D eigenvalue weighted by Gasteiger charge is 2.47. The van der Waals surface area contributed by atoms with Crippen LogP contribution in [0.2, 0.25) is 5.02 Å². The summed E-state index contributed by atoms with van der Waals surface area (Å²) in [5.41, 5.74) is 9.65. The van der Waals surface area contributed by atoms with Crippen molar-refractivity contribution in [1.29, 1.82) is 0 Å². The van der Waals surface area contributed by atoms with Gasteiger partial charge in [0.25, 0.3) is 0 Å². The molecule has 2 fully saturated rings. The zero-order valence-electron chi connectivity index (χ0n) is 19.8. The maximum atomic E-state index is 6.73. The van der Waals surface area contributed by atoms with Gasteiger partial charge in [0, 0.05) is 53.0 Å². The Morgan fingerprint density at radius 1 is 1.08 bits per heavy atom. The van der Waals surface area contributed by atoms with Gasteiger partial charge in [-0.1, -0.05) is 29.8 Å². The summed E-state index contributed by atoms with van der Waals surface area (Å²) >= 11 is 8.13. The Labute approximate surface area is 218 Å². The topological polar surface area (TPSA) is 103 Å². The third kappa shape index (κ3) is 4.30. The van der Waals surface area contributed by atoms with Crippen molar-refractivity contribution >= 4 is 40.3 Å². The van der Waals surface area contributed by atoms with Crippen LogP contribution in [-0.4, -0.2) is 56.8 Å². The lowest BCUT2D eigenvalue weighted by atomic mass is 9.73. The zero-order chi connectivity index (χ0) is 24.7. The fraction of sp³-hybridized carbons (Fsp3) is 0.346. The Morgan fingerprint density at radius 3 is 2.69 bits per heavy atom. The second-order valence-corrected chi connectivity index (χ2v) is 10.8. The minimum atomic E-state index is 0.0744. The van der Waals surface area contributed by atoms with E-state index in [1.807, 2.05) is 30.3 Å². The Hall–Kier alpha value is -2.85. The predicted octanol–water partition coefficient (Wildman–Crippen LogP) is 4.62. The molecule has 0 aliphatic carbocycles. The molecular formula is C26H26ClN7OS. The molecule has 2 N–H and O–H groups in total. The molecule has 0 radical (unpaired) electrons. The van der Waals surface area contributed by atoms with Crippen LogP contribution in [0.25, 0.3) is 22.3 Å². The fourth-order valence-electron chi connectivity index (χ4n) is 5.08. The molecule has 2 aliphatic heterocycles. The third-order valence-corrected chi connectivity index (χ3v) is 8.79. The third-order valence-electron chi connectivity index (χ3n) is 7.33. The first kappa shape index (κ1) is 23.5. The smallest absolute Gasteiger partial charge is 0.194 e. The van der Waals surface area contributed by atoms with Crippen LogP contribution in [0.3, 0.4) is 0 Å². The van der Waals surface area contributed by atoms with E-state index in [0.717, 1.165) is 54.4 Å². The number of nitrogens with zero attached hydrogens (tertiary/aromatic N) is 6. The van der Waals surface area contributed by atoms with E-state index in [1.54, 1.807) is 24.8 Å². The Balaban J connectivity index is 1.19. The molecule has 0 amide bonds. The van der Waals surface area contributed by atoms with Gasteiger partial charge >= 0.3 is 0 Å². The highest BCUT2D eigenvalue weighted by molar-refractivity contribution is 7.99. The number of fused-ring (bicyclic) bond motifs is 1. The number of halogens is 1. The van der Waals surface area contributed by atoms with Crippen LogP contribution in [0.4, 0.5) is 5.82 Å². The summed E-state index contributed by atoms with van der Waals surface area (Å²) in [6.07, 6.45) is 9.17. The van der Waals surface area contributed by atoms with Gasteiger partial charge in [-0.15, -0.1) is 0 Å². The molecule has 0 bridgehead atoms. The van der Waals surface area contributed by atoms with Gasteiger partial charge in [-0.3, -0.25) is 4.98 Å². The summed E-state index contributed by atoms with van der Waals surface area (Å²) < 4.78 is 5.85. The first-order chi connectivity index (χ1) is 17.5. The van der Waals surface area contributed by atoms with Gasteiger partial charge in [0.05, 0.1) is 30.1 Å². The number of anilines is 1. The first-order valence-electron chi connectivity index (χ1n) is 12.0. The molecule has 4 aromatic rings. The molecule has 0 saturated carbocycles. The monoisotopic (exact) mass is 519 g/mol. The van der Waals surface area contributed by atoms with Crippen molar-refractivity contribution in [3.05, 3.63) is 60.1 Å². The molecule has 2 aliphatic rings. The number of benzene rings is 1. The van der Waals surface area contributed by atoms with Crippen LogP contribution in [-0.2, 0) is 4.74 Å². The molecule has 2 atom stereocenters. The summed E-state index contributed by atoms with van der Waals surface area (Å²) in [5.74, 6) is 0.842. The van der Waals surface area contributed by atoms with E-state index >= 15 is 0 Å². The number of rotatable bonds is 4. The maximum Gasteiger partial charge on any atom is 0.194 e. The number of hydrogen-bond acceptors (Lipinski definition) is 9. The van der Waals surface area contributed by atoms with E-state index in [1.165, 1.54) is 11.8 Å². The number of aromatic nitrogens is 5. The lowest BCUT2D eigenvalue weighted by Crippen LogP contribution is -2.50. The summed E-state index contributed by atoms with van der Waals surface area (Å²) in [6, 6.07) is 9.88. The molecule has 6 rings (SSSR count). The molecule has 3 aromatic heterocycles. The summed E-state index contributed by atoms with van der Waals surface area (Å²) in [7, 11) is 0. The molecule has 36 heavy (non-hydrogen) atoms. The van der Waals surface area contributed by atoms with E-state index in [2.05, 4.69) is 31.8 Å². The van der Waals surface area contributed by atoms with E-state index in [0.29, 0.717) is 21.3 Å².